The molecule has 1 heterocycles. The van der Waals surface area contributed by atoms with Crippen LogP contribution in [0, 0.1) is 5.92 Å². The van der Waals surface area contributed by atoms with Crippen LogP contribution in [0.4, 0.5) is 13.2 Å². The molecule has 0 spiro atoms. The summed E-state index contributed by atoms with van der Waals surface area (Å²) in [5.74, 6) is -0.344. The quantitative estimate of drug-likeness (QED) is 0.799. The molecule has 1 aliphatic rings. The summed E-state index contributed by atoms with van der Waals surface area (Å²) < 4.78 is 40.5. The molecule has 120 valence electrons. The summed E-state index contributed by atoms with van der Waals surface area (Å²) in [5.41, 5.74) is 6.37. The van der Waals surface area contributed by atoms with E-state index in [0.717, 1.165) is 38.1 Å². The fourth-order valence-corrected chi connectivity index (χ4v) is 2.45. The maximum absolute atomic E-state index is 12.2. The van der Waals surface area contributed by atoms with E-state index in [1.165, 1.54) is 6.07 Å². The number of aromatic hydroxyl groups is 1. The van der Waals surface area contributed by atoms with Crippen molar-refractivity contribution in [2.75, 3.05) is 13.1 Å². The summed E-state index contributed by atoms with van der Waals surface area (Å²) in [4.78, 5) is 0. The molecule has 4 N–H and O–H groups in total. The third-order valence-electron chi connectivity index (χ3n) is 3.48. The molecule has 0 radical (unpaired) electrons. The van der Waals surface area contributed by atoms with E-state index < -0.39 is 12.4 Å². The molecule has 1 aliphatic heterocycles. The monoisotopic (exact) mass is 326 g/mol. The molecule has 1 fully saturated rings. The Labute approximate surface area is 126 Å². The Morgan fingerprint density at radius 2 is 1.90 bits per heavy atom. The minimum Gasteiger partial charge on any atom is -0.508 e. The highest BCUT2D eigenvalue weighted by molar-refractivity contribution is 5.85. The van der Waals surface area contributed by atoms with Gasteiger partial charge in [0.25, 0.3) is 0 Å². The van der Waals surface area contributed by atoms with Crippen molar-refractivity contribution in [3.8, 4) is 11.5 Å². The van der Waals surface area contributed by atoms with Crippen LogP contribution in [0.25, 0.3) is 0 Å². The molecule has 21 heavy (non-hydrogen) atoms. The van der Waals surface area contributed by atoms with Crippen LogP contribution in [0.5, 0.6) is 11.5 Å². The Hall–Kier alpha value is -1.18. The lowest BCUT2D eigenvalue weighted by Gasteiger charge is -2.29. The van der Waals surface area contributed by atoms with Gasteiger partial charge >= 0.3 is 6.36 Å². The lowest BCUT2D eigenvalue weighted by atomic mass is 9.86. The Morgan fingerprint density at radius 3 is 2.48 bits per heavy atom. The predicted octanol–water partition coefficient (Wildman–Crippen LogP) is 2.71. The number of ether oxygens (including phenoxy) is 1. The van der Waals surface area contributed by atoms with Crippen LogP contribution in [0.2, 0.25) is 0 Å². The van der Waals surface area contributed by atoms with Gasteiger partial charge in [-0.3, -0.25) is 0 Å². The number of hydrogen-bond acceptors (Lipinski definition) is 4. The van der Waals surface area contributed by atoms with E-state index in [-0.39, 0.29) is 29.8 Å². The second kappa shape index (κ2) is 7.20. The maximum Gasteiger partial charge on any atom is 0.573 e. The first-order valence-corrected chi connectivity index (χ1v) is 6.42. The van der Waals surface area contributed by atoms with E-state index >= 15 is 0 Å². The van der Waals surface area contributed by atoms with Crippen molar-refractivity contribution in [2.24, 2.45) is 11.7 Å². The van der Waals surface area contributed by atoms with Gasteiger partial charge < -0.3 is 20.9 Å². The second-order valence-corrected chi connectivity index (χ2v) is 4.88. The van der Waals surface area contributed by atoms with Gasteiger partial charge in [-0.15, -0.1) is 25.6 Å². The van der Waals surface area contributed by atoms with E-state index in [1.54, 1.807) is 0 Å². The number of piperidine rings is 1. The number of phenolic OH excluding ortho intramolecular Hbond substituents is 1. The number of alkyl halides is 3. The third-order valence-corrected chi connectivity index (χ3v) is 3.48. The van der Waals surface area contributed by atoms with Gasteiger partial charge in [-0.1, -0.05) is 0 Å². The van der Waals surface area contributed by atoms with E-state index in [1.807, 2.05) is 0 Å². The van der Waals surface area contributed by atoms with Gasteiger partial charge in [-0.2, -0.15) is 0 Å². The molecule has 0 amide bonds. The average molecular weight is 327 g/mol. The van der Waals surface area contributed by atoms with Crippen molar-refractivity contribution in [2.45, 2.75) is 25.2 Å². The summed E-state index contributed by atoms with van der Waals surface area (Å²) in [5, 5.41) is 13.0. The van der Waals surface area contributed by atoms with Gasteiger partial charge in [0.15, 0.2) is 0 Å². The first kappa shape index (κ1) is 17.9. The zero-order chi connectivity index (χ0) is 14.8. The van der Waals surface area contributed by atoms with Gasteiger partial charge in [0.2, 0.25) is 0 Å². The van der Waals surface area contributed by atoms with Crippen LogP contribution < -0.4 is 15.8 Å². The van der Waals surface area contributed by atoms with Crippen LogP contribution in [-0.4, -0.2) is 24.6 Å². The number of benzene rings is 1. The predicted molar refractivity (Wildman–Crippen MR) is 74.6 cm³/mol. The SMILES string of the molecule is Cl.N[C@@H](c1cc(OC(F)(F)F)ccc1O)C1CCNCC1. The van der Waals surface area contributed by atoms with Crippen molar-refractivity contribution in [1.29, 1.82) is 0 Å². The average Bonchev–Trinajstić information content (AvgIpc) is 2.40. The lowest BCUT2D eigenvalue weighted by Crippen LogP contribution is -2.33. The Bertz CT molecular complexity index is 465. The molecule has 0 bridgehead atoms. The van der Waals surface area contributed by atoms with E-state index in [9.17, 15) is 18.3 Å². The highest BCUT2D eigenvalue weighted by atomic mass is 35.5. The molecule has 1 saturated heterocycles. The van der Waals surface area contributed by atoms with Crippen molar-refractivity contribution < 1.29 is 23.0 Å². The van der Waals surface area contributed by atoms with E-state index in [4.69, 9.17) is 5.73 Å². The van der Waals surface area contributed by atoms with E-state index in [2.05, 4.69) is 10.1 Å². The molecule has 1 atom stereocenters. The maximum atomic E-state index is 12.2. The number of nitrogens with one attached hydrogen (secondary N) is 1. The molecule has 0 aromatic heterocycles. The standard InChI is InChI=1S/C13H17F3N2O2.ClH/c14-13(15,16)20-9-1-2-11(19)10(7-9)12(17)8-3-5-18-6-4-8;/h1-2,7-8,12,18-19H,3-6,17H2;1H/t12-;/m1./s1. The van der Waals surface area contributed by atoms with Gasteiger partial charge in [0.05, 0.1) is 0 Å². The van der Waals surface area contributed by atoms with Crippen LogP contribution >= 0.6 is 12.4 Å². The number of hydrogen-bond donors (Lipinski definition) is 3. The smallest absolute Gasteiger partial charge is 0.508 e. The largest absolute Gasteiger partial charge is 0.573 e. The first-order chi connectivity index (χ1) is 9.37. The number of halogens is 4. The molecule has 1 aromatic carbocycles. The Kier molecular flexibility index (Phi) is 6.12. The highest BCUT2D eigenvalue weighted by Crippen LogP contribution is 2.35. The molecule has 0 aliphatic carbocycles. The normalized spacial score (nSPS) is 17.9. The summed E-state index contributed by atoms with van der Waals surface area (Å²) in [6.07, 6.45) is -3.11. The Balaban J connectivity index is 0.00000220. The molecule has 1 aromatic rings. The van der Waals surface area contributed by atoms with Crippen LogP contribution in [0.1, 0.15) is 24.4 Å². The van der Waals surface area contributed by atoms with Gasteiger partial charge in [-0.05, 0) is 50.0 Å². The Morgan fingerprint density at radius 1 is 1.29 bits per heavy atom. The van der Waals surface area contributed by atoms with E-state index in [0.29, 0.717) is 5.56 Å². The van der Waals surface area contributed by atoms with Crippen LogP contribution in [0.3, 0.4) is 0 Å². The minimum absolute atomic E-state index is 0. The highest BCUT2D eigenvalue weighted by Gasteiger charge is 2.32. The summed E-state index contributed by atoms with van der Waals surface area (Å²) in [7, 11) is 0. The number of rotatable bonds is 3. The van der Waals surface area contributed by atoms with Gasteiger partial charge in [-0.25, -0.2) is 0 Å². The zero-order valence-electron chi connectivity index (χ0n) is 11.2. The van der Waals surface area contributed by atoms with Gasteiger partial charge in [0, 0.05) is 11.6 Å². The molecule has 0 unspecified atom stereocenters. The number of phenols is 1. The van der Waals surface area contributed by atoms with Crippen molar-refractivity contribution >= 4 is 12.4 Å². The molecule has 8 heteroatoms. The van der Waals surface area contributed by atoms with Crippen molar-refractivity contribution in [1.82, 2.24) is 5.32 Å². The minimum atomic E-state index is -4.76. The topological polar surface area (TPSA) is 67.5 Å². The molecular weight excluding hydrogens is 309 g/mol. The molecular formula is C13H18ClF3N2O2. The zero-order valence-corrected chi connectivity index (χ0v) is 12.0. The second-order valence-electron chi connectivity index (χ2n) is 4.88. The van der Waals surface area contributed by atoms with Crippen LogP contribution in [0.15, 0.2) is 18.2 Å². The summed E-state index contributed by atoms with van der Waals surface area (Å²) in [6.45, 7) is 1.63. The summed E-state index contributed by atoms with van der Waals surface area (Å²) in [6, 6.07) is 2.91. The van der Waals surface area contributed by atoms with Gasteiger partial charge in [0.1, 0.15) is 11.5 Å². The molecule has 0 saturated carbocycles. The summed E-state index contributed by atoms with van der Waals surface area (Å²) >= 11 is 0. The first-order valence-electron chi connectivity index (χ1n) is 6.42. The van der Waals surface area contributed by atoms with Crippen LogP contribution in [-0.2, 0) is 0 Å². The number of nitrogens with two attached hydrogens (primary N) is 1. The van der Waals surface area contributed by atoms with Crippen molar-refractivity contribution in [3.63, 3.8) is 0 Å². The molecule has 2 rings (SSSR count). The van der Waals surface area contributed by atoms with Crippen molar-refractivity contribution in [3.05, 3.63) is 23.8 Å². The molecule has 4 nitrogen and oxygen atoms in total. The fraction of sp³-hybridized carbons (Fsp3) is 0.538. The lowest BCUT2D eigenvalue weighted by molar-refractivity contribution is -0.274. The third kappa shape index (κ3) is 4.94. The fourth-order valence-electron chi connectivity index (χ4n) is 2.45.